The van der Waals surface area contributed by atoms with Crippen molar-refractivity contribution in [2.75, 3.05) is 13.1 Å². The molecule has 7 rings (SSSR count). The average Bonchev–Trinajstić information content (AvgIpc) is 3.77. The number of aromatic nitrogens is 3. The maximum Gasteiger partial charge on any atom is 0.410 e. The van der Waals surface area contributed by atoms with Crippen molar-refractivity contribution in [3.63, 3.8) is 0 Å². The number of carbonyl (C=O) groups excluding carboxylic acids is 2. The van der Waals surface area contributed by atoms with Crippen LogP contribution in [-0.4, -0.2) is 61.2 Å². The smallest absolute Gasteiger partial charge is 0.410 e. The highest BCUT2D eigenvalue weighted by molar-refractivity contribution is 5.92. The number of pyridine rings is 1. The SMILES string of the molecule is CC(C)(C)OC(=O)N1CCCCC1c1cc(=O)c2ccc(-c3ccc4cc(-c5cnc([C@@H]6CCCN6C(=O)OC(C)(C)C)[nH]5)ccc4c3)cc2[nH]1. The molecule has 0 radical (unpaired) electrons. The summed E-state index contributed by atoms with van der Waals surface area (Å²) in [5, 5.41) is 2.78. The van der Waals surface area contributed by atoms with Crippen LogP contribution in [0.25, 0.3) is 44.1 Å². The number of ether oxygens (including phenoxy) is 2. The van der Waals surface area contributed by atoms with Crippen molar-refractivity contribution < 1.29 is 19.1 Å². The summed E-state index contributed by atoms with van der Waals surface area (Å²) in [5.41, 5.74) is 4.16. The van der Waals surface area contributed by atoms with Gasteiger partial charge in [0.2, 0.25) is 0 Å². The van der Waals surface area contributed by atoms with Crippen LogP contribution in [0.15, 0.2) is 71.7 Å². The molecule has 10 nitrogen and oxygen atoms in total. The predicted molar refractivity (Wildman–Crippen MR) is 200 cm³/mol. The summed E-state index contributed by atoms with van der Waals surface area (Å²) in [7, 11) is 0. The molecule has 0 aliphatic carbocycles. The van der Waals surface area contributed by atoms with E-state index in [0.29, 0.717) is 18.5 Å². The maximum absolute atomic E-state index is 13.3. The Hall–Kier alpha value is -5.12. The standard InChI is InChI=1S/C41H47N5O5/c1-40(2,3)50-38(48)45-18-8-7-10-34(45)32-23-36(47)30-17-16-28(22-31(30)43-32)26-12-13-27-21-29(15-14-25(27)20-26)33-24-42-37(44-33)35-11-9-19-46(35)39(49)51-41(4,5)6/h12-17,20-24,34-35H,7-11,18-19H2,1-6H3,(H,42,44)(H,43,47)/t34?,35-/m0/s1. The quantitative estimate of drug-likeness (QED) is 0.194. The van der Waals surface area contributed by atoms with Gasteiger partial charge >= 0.3 is 12.2 Å². The summed E-state index contributed by atoms with van der Waals surface area (Å²) in [6.45, 7) is 12.5. The van der Waals surface area contributed by atoms with Gasteiger partial charge in [-0.3, -0.25) is 14.6 Å². The lowest BCUT2D eigenvalue weighted by molar-refractivity contribution is 0.00894. The third-order valence-corrected chi connectivity index (χ3v) is 9.62. The van der Waals surface area contributed by atoms with Crippen LogP contribution in [0.3, 0.4) is 0 Å². The Labute approximate surface area is 298 Å². The lowest BCUT2D eigenvalue weighted by Crippen LogP contribution is -2.42. The van der Waals surface area contributed by atoms with Crippen molar-refractivity contribution in [3.8, 4) is 22.4 Å². The molecule has 2 fully saturated rings. The molecular weight excluding hydrogens is 642 g/mol. The molecule has 3 aromatic carbocycles. The van der Waals surface area contributed by atoms with Gasteiger partial charge in [-0.25, -0.2) is 14.6 Å². The molecule has 0 spiro atoms. The zero-order chi connectivity index (χ0) is 36.1. The van der Waals surface area contributed by atoms with E-state index >= 15 is 0 Å². The molecule has 10 heteroatoms. The minimum Gasteiger partial charge on any atom is -0.444 e. The second-order valence-corrected chi connectivity index (χ2v) is 15.8. The number of imidazole rings is 1. The van der Waals surface area contributed by atoms with Crippen LogP contribution >= 0.6 is 0 Å². The van der Waals surface area contributed by atoms with Gasteiger partial charge in [0.15, 0.2) is 5.43 Å². The maximum atomic E-state index is 13.3. The number of likely N-dealkylation sites (tertiary alicyclic amines) is 2. The zero-order valence-electron chi connectivity index (χ0n) is 30.3. The van der Waals surface area contributed by atoms with E-state index in [2.05, 4.69) is 51.4 Å². The third-order valence-electron chi connectivity index (χ3n) is 9.62. The Kier molecular flexibility index (Phi) is 8.89. The number of carbonyl (C=O) groups is 2. The molecule has 2 aromatic heterocycles. The minimum absolute atomic E-state index is 0.0708. The molecular formula is C41H47N5O5. The fourth-order valence-corrected chi connectivity index (χ4v) is 7.26. The van der Waals surface area contributed by atoms with Gasteiger partial charge < -0.3 is 19.4 Å². The van der Waals surface area contributed by atoms with Gasteiger partial charge in [0.05, 0.1) is 29.5 Å². The first kappa shape index (κ1) is 34.3. The van der Waals surface area contributed by atoms with E-state index in [4.69, 9.17) is 9.47 Å². The topological polar surface area (TPSA) is 121 Å². The Morgan fingerprint density at radius 2 is 1.29 bits per heavy atom. The summed E-state index contributed by atoms with van der Waals surface area (Å²) in [4.78, 5) is 54.5. The number of piperidine rings is 1. The molecule has 2 aliphatic rings. The summed E-state index contributed by atoms with van der Waals surface area (Å²) in [6, 6.07) is 19.8. The first-order valence-electron chi connectivity index (χ1n) is 18.0. The fourth-order valence-electron chi connectivity index (χ4n) is 7.26. The van der Waals surface area contributed by atoms with Gasteiger partial charge in [-0.15, -0.1) is 0 Å². The summed E-state index contributed by atoms with van der Waals surface area (Å²) in [5.74, 6) is 0.766. The molecule has 5 aromatic rings. The number of benzene rings is 3. The van der Waals surface area contributed by atoms with Gasteiger partial charge in [0.1, 0.15) is 17.0 Å². The number of amides is 2. The number of H-pyrrole nitrogens is 2. The van der Waals surface area contributed by atoms with E-state index in [-0.39, 0.29) is 29.7 Å². The van der Waals surface area contributed by atoms with E-state index in [9.17, 15) is 14.4 Å². The van der Waals surface area contributed by atoms with Gasteiger partial charge in [0.25, 0.3) is 0 Å². The molecule has 266 valence electrons. The summed E-state index contributed by atoms with van der Waals surface area (Å²) >= 11 is 0. The molecule has 2 saturated heterocycles. The van der Waals surface area contributed by atoms with Crippen LogP contribution in [0.4, 0.5) is 9.59 Å². The molecule has 2 N–H and O–H groups in total. The van der Waals surface area contributed by atoms with Crippen LogP contribution in [0, 0.1) is 0 Å². The van der Waals surface area contributed by atoms with Gasteiger partial charge in [-0.05, 0) is 120 Å². The Morgan fingerprint density at radius 3 is 2.00 bits per heavy atom. The van der Waals surface area contributed by atoms with E-state index in [0.717, 1.165) is 82.3 Å². The second kappa shape index (κ2) is 13.2. The molecule has 51 heavy (non-hydrogen) atoms. The number of rotatable bonds is 4. The van der Waals surface area contributed by atoms with Crippen LogP contribution in [-0.2, 0) is 9.47 Å². The number of nitrogens with zero attached hydrogens (tertiary/aromatic N) is 3. The molecule has 2 aliphatic heterocycles. The first-order valence-corrected chi connectivity index (χ1v) is 18.0. The first-order chi connectivity index (χ1) is 24.2. The minimum atomic E-state index is -0.600. The van der Waals surface area contributed by atoms with Crippen molar-refractivity contribution in [2.45, 2.75) is 96.9 Å². The largest absolute Gasteiger partial charge is 0.444 e. The highest BCUT2D eigenvalue weighted by atomic mass is 16.6. The Bertz CT molecular complexity index is 2170. The second-order valence-electron chi connectivity index (χ2n) is 15.8. The van der Waals surface area contributed by atoms with E-state index < -0.39 is 11.2 Å². The summed E-state index contributed by atoms with van der Waals surface area (Å²) < 4.78 is 11.4. The average molecular weight is 690 g/mol. The van der Waals surface area contributed by atoms with E-state index in [1.54, 1.807) is 15.9 Å². The van der Waals surface area contributed by atoms with Crippen molar-refractivity contribution >= 4 is 33.9 Å². The number of aromatic amines is 2. The number of hydrogen-bond donors (Lipinski definition) is 2. The molecule has 2 atom stereocenters. The Balaban J connectivity index is 1.13. The van der Waals surface area contributed by atoms with Crippen LogP contribution in [0.2, 0.25) is 0 Å². The number of hydrogen-bond acceptors (Lipinski definition) is 6. The normalized spacial score (nSPS) is 18.4. The van der Waals surface area contributed by atoms with Crippen LogP contribution < -0.4 is 5.43 Å². The Morgan fingerprint density at radius 1 is 0.706 bits per heavy atom. The molecule has 0 bridgehead atoms. The highest BCUT2D eigenvalue weighted by Gasteiger charge is 2.35. The van der Waals surface area contributed by atoms with Gasteiger partial charge in [-0.1, -0.05) is 30.3 Å². The predicted octanol–water partition coefficient (Wildman–Crippen LogP) is 9.27. The molecule has 4 heterocycles. The molecule has 0 saturated carbocycles. The van der Waals surface area contributed by atoms with Gasteiger partial charge in [-0.2, -0.15) is 0 Å². The van der Waals surface area contributed by atoms with Crippen molar-refractivity contribution in [3.05, 3.63) is 88.6 Å². The van der Waals surface area contributed by atoms with Crippen molar-refractivity contribution in [2.24, 2.45) is 0 Å². The third kappa shape index (κ3) is 7.36. The number of fused-ring (bicyclic) bond motifs is 2. The van der Waals surface area contributed by atoms with Crippen LogP contribution in [0.1, 0.15) is 97.2 Å². The summed E-state index contributed by atoms with van der Waals surface area (Å²) in [6.07, 6.45) is 5.54. The van der Waals surface area contributed by atoms with E-state index in [1.165, 1.54) is 0 Å². The fraction of sp³-hybridized carbons (Fsp3) is 0.415. The molecule has 2 amide bonds. The highest BCUT2D eigenvalue weighted by Crippen LogP contribution is 2.35. The van der Waals surface area contributed by atoms with Gasteiger partial charge in [0, 0.05) is 35.8 Å². The molecule has 1 unspecified atom stereocenters. The monoisotopic (exact) mass is 689 g/mol. The van der Waals surface area contributed by atoms with Crippen LogP contribution in [0.5, 0.6) is 0 Å². The number of nitrogens with one attached hydrogen (secondary N) is 2. The lowest BCUT2D eigenvalue weighted by Gasteiger charge is -2.36. The lowest BCUT2D eigenvalue weighted by atomic mass is 9.97. The van der Waals surface area contributed by atoms with Crippen molar-refractivity contribution in [1.29, 1.82) is 0 Å². The van der Waals surface area contributed by atoms with Crippen molar-refractivity contribution in [1.82, 2.24) is 24.8 Å². The zero-order valence-corrected chi connectivity index (χ0v) is 30.3. The van der Waals surface area contributed by atoms with E-state index in [1.807, 2.05) is 65.9 Å².